The van der Waals surface area contributed by atoms with Crippen LogP contribution in [0.15, 0.2) is 48.5 Å². The standard InChI is InChI=1S/C10H8.C8H17.Na/c1-2-6-10-8-4-3-7-9(10)5-1;1-3-5-7-8-6-4-2;/h1-8H;1,3-8H2,2H3;. The summed E-state index contributed by atoms with van der Waals surface area (Å²) in [5.41, 5.74) is 0. The summed E-state index contributed by atoms with van der Waals surface area (Å²) in [6, 6.07) is 16.7. The molecular formula is C18H25Na. The molecule has 0 saturated carbocycles. The van der Waals surface area contributed by atoms with E-state index in [4.69, 9.17) is 0 Å². The Bertz CT molecular complexity index is 365. The summed E-state index contributed by atoms with van der Waals surface area (Å²) in [4.78, 5) is 0. The minimum atomic E-state index is 1.31. The van der Waals surface area contributed by atoms with Crippen molar-refractivity contribution < 1.29 is 0 Å². The van der Waals surface area contributed by atoms with Crippen LogP contribution in [-0.4, -0.2) is 27.9 Å². The zero-order chi connectivity index (χ0) is 13.8. The van der Waals surface area contributed by atoms with Crippen molar-refractivity contribution in [3.05, 3.63) is 48.5 Å². The van der Waals surface area contributed by atoms with E-state index >= 15 is 0 Å². The van der Waals surface area contributed by atoms with Crippen LogP contribution in [0, 0.1) is 0 Å². The summed E-state index contributed by atoms with van der Waals surface area (Å²) < 4.78 is 1.51. The summed E-state index contributed by atoms with van der Waals surface area (Å²) in [5, 5.41) is 2.62. The second-order valence-electron chi connectivity index (χ2n) is 5.11. The molecule has 0 saturated heterocycles. The minimum absolute atomic E-state index is 1.31. The van der Waals surface area contributed by atoms with Crippen molar-refractivity contribution in [3.8, 4) is 0 Å². The van der Waals surface area contributed by atoms with Gasteiger partial charge in [-0.15, -0.1) is 0 Å². The Morgan fingerprint density at radius 2 is 1.11 bits per heavy atom. The van der Waals surface area contributed by atoms with E-state index in [9.17, 15) is 0 Å². The van der Waals surface area contributed by atoms with Crippen LogP contribution in [0.2, 0.25) is 3.67 Å². The van der Waals surface area contributed by atoms with Gasteiger partial charge in [0.15, 0.2) is 0 Å². The van der Waals surface area contributed by atoms with E-state index in [-0.39, 0.29) is 0 Å². The monoisotopic (exact) mass is 264 g/mol. The molecule has 0 fully saturated rings. The van der Waals surface area contributed by atoms with E-state index < -0.39 is 0 Å². The molecule has 0 aromatic heterocycles. The van der Waals surface area contributed by atoms with Gasteiger partial charge < -0.3 is 0 Å². The molecule has 0 bridgehead atoms. The number of rotatable bonds is 6. The van der Waals surface area contributed by atoms with Gasteiger partial charge in [0.1, 0.15) is 0 Å². The molecule has 19 heavy (non-hydrogen) atoms. The molecule has 0 aliphatic carbocycles. The molecule has 0 N–H and O–H groups in total. The van der Waals surface area contributed by atoms with E-state index in [1.54, 1.807) is 0 Å². The van der Waals surface area contributed by atoms with E-state index in [0.717, 1.165) is 0 Å². The van der Waals surface area contributed by atoms with E-state index in [1.807, 2.05) is 0 Å². The maximum atomic E-state index is 2.27. The molecule has 2 rings (SSSR count). The first-order chi connectivity index (χ1) is 9.38. The van der Waals surface area contributed by atoms with Gasteiger partial charge in [-0.2, -0.15) is 0 Å². The van der Waals surface area contributed by atoms with E-state index in [1.165, 1.54) is 80.9 Å². The van der Waals surface area contributed by atoms with Crippen LogP contribution in [0.3, 0.4) is 0 Å². The first-order valence-electron chi connectivity index (χ1n) is 7.82. The average molecular weight is 264 g/mol. The Balaban J connectivity index is 0.000000192. The first kappa shape index (κ1) is 16.8. The van der Waals surface area contributed by atoms with E-state index in [2.05, 4.69) is 55.5 Å². The number of unbranched alkanes of at least 4 members (excludes halogenated alkanes) is 5. The number of benzene rings is 2. The Morgan fingerprint density at radius 3 is 1.53 bits per heavy atom. The quantitative estimate of drug-likeness (QED) is 0.458. The van der Waals surface area contributed by atoms with Crippen molar-refractivity contribution in [2.24, 2.45) is 0 Å². The van der Waals surface area contributed by atoms with Gasteiger partial charge in [0.05, 0.1) is 0 Å². The van der Waals surface area contributed by atoms with Gasteiger partial charge in [-0.05, 0) is 10.8 Å². The molecule has 0 nitrogen and oxygen atoms in total. The predicted molar refractivity (Wildman–Crippen MR) is 87.9 cm³/mol. The van der Waals surface area contributed by atoms with Crippen LogP contribution in [0.25, 0.3) is 10.8 Å². The molecule has 0 heterocycles. The van der Waals surface area contributed by atoms with Gasteiger partial charge in [0, 0.05) is 0 Å². The predicted octanol–water partition coefficient (Wildman–Crippen LogP) is 5.77. The summed E-state index contributed by atoms with van der Waals surface area (Å²) in [5.74, 6) is 0. The molecule has 0 spiro atoms. The van der Waals surface area contributed by atoms with Crippen molar-refractivity contribution in [3.63, 3.8) is 0 Å². The third-order valence-electron chi connectivity index (χ3n) is 3.37. The van der Waals surface area contributed by atoms with Gasteiger partial charge in [-0.25, -0.2) is 0 Å². The second-order valence-corrected chi connectivity index (χ2v) is 6.11. The fourth-order valence-electron chi connectivity index (χ4n) is 2.16. The van der Waals surface area contributed by atoms with Gasteiger partial charge in [-0.1, -0.05) is 48.5 Å². The summed E-state index contributed by atoms with van der Waals surface area (Å²) in [6.45, 7) is 2.27. The third kappa shape index (κ3) is 7.77. The summed E-state index contributed by atoms with van der Waals surface area (Å²) in [6.07, 6.45) is 8.76. The van der Waals surface area contributed by atoms with Crippen molar-refractivity contribution in [1.29, 1.82) is 0 Å². The molecule has 98 valence electrons. The zero-order valence-corrected chi connectivity index (χ0v) is 14.6. The van der Waals surface area contributed by atoms with Gasteiger partial charge in [0.2, 0.25) is 0 Å². The molecule has 0 aliphatic rings. The molecule has 0 unspecified atom stereocenters. The fraction of sp³-hybridized carbons (Fsp3) is 0.444. The van der Waals surface area contributed by atoms with Crippen molar-refractivity contribution >= 4 is 38.7 Å². The van der Waals surface area contributed by atoms with Crippen LogP contribution in [0.4, 0.5) is 0 Å². The molecule has 2 aromatic rings. The van der Waals surface area contributed by atoms with Gasteiger partial charge >= 0.3 is 77.0 Å². The van der Waals surface area contributed by atoms with Crippen LogP contribution in [0.1, 0.15) is 45.4 Å². The molecule has 1 heteroatoms. The Labute approximate surface area is 136 Å². The second kappa shape index (κ2) is 11.5. The Hall–Kier alpha value is -0.300. The fourth-order valence-corrected chi connectivity index (χ4v) is 2.66. The number of fused-ring (bicyclic) bond motifs is 1. The smallest absolute Gasteiger partial charge is 0.0184 e. The zero-order valence-electron chi connectivity index (χ0n) is 12.6. The number of hydrogen-bond donors (Lipinski definition) is 0. The molecule has 0 amide bonds. The molecule has 0 radical (unpaired) electrons. The van der Waals surface area contributed by atoms with Gasteiger partial charge in [0.25, 0.3) is 0 Å². The van der Waals surface area contributed by atoms with Crippen LogP contribution in [0.5, 0.6) is 0 Å². The van der Waals surface area contributed by atoms with Crippen molar-refractivity contribution in [2.45, 2.75) is 49.1 Å². The van der Waals surface area contributed by atoms with Gasteiger partial charge in [-0.3, -0.25) is 0 Å². The minimum Gasteiger partial charge on any atom is -0.0616 e. The Kier molecular flexibility index (Phi) is 10.2. The summed E-state index contributed by atoms with van der Waals surface area (Å²) in [7, 11) is 0. The SMILES string of the molecule is CCCCCCC[CH2][Na].c1ccc2ccccc2c1. The normalized spacial score (nSPS) is 10.1. The van der Waals surface area contributed by atoms with Crippen LogP contribution >= 0.6 is 0 Å². The topological polar surface area (TPSA) is 0 Å². The van der Waals surface area contributed by atoms with Crippen LogP contribution in [-0.2, 0) is 0 Å². The van der Waals surface area contributed by atoms with Crippen molar-refractivity contribution in [2.75, 3.05) is 0 Å². The largest absolute Gasteiger partial charge is 0.0616 e. The number of hydrogen-bond acceptors (Lipinski definition) is 0. The average Bonchev–Trinajstić information content (AvgIpc) is 2.48. The molecular weight excluding hydrogens is 239 g/mol. The van der Waals surface area contributed by atoms with E-state index in [0.29, 0.717) is 0 Å². The van der Waals surface area contributed by atoms with Crippen molar-refractivity contribution in [1.82, 2.24) is 0 Å². The maximum Gasteiger partial charge on any atom is -0.0184 e. The third-order valence-corrected chi connectivity index (χ3v) is 4.07. The first-order valence-corrected chi connectivity index (χ1v) is 9.23. The molecule has 0 atom stereocenters. The molecule has 0 aliphatic heterocycles. The summed E-state index contributed by atoms with van der Waals surface area (Å²) >= 11 is 1.41. The Morgan fingerprint density at radius 1 is 0.684 bits per heavy atom. The molecule has 2 aromatic carbocycles. The maximum absolute atomic E-state index is 2.27. The van der Waals surface area contributed by atoms with Crippen LogP contribution < -0.4 is 0 Å².